The van der Waals surface area contributed by atoms with Crippen molar-refractivity contribution < 1.29 is 24.2 Å². The molecule has 5 fully saturated rings. The van der Waals surface area contributed by atoms with Gasteiger partial charge in [0.2, 0.25) is 0 Å². The summed E-state index contributed by atoms with van der Waals surface area (Å²) in [6.07, 6.45) is 13.1. The van der Waals surface area contributed by atoms with Crippen LogP contribution in [-0.2, 0) is 19.1 Å². The van der Waals surface area contributed by atoms with Gasteiger partial charge in [0.1, 0.15) is 6.10 Å². The second-order valence-corrected chi connectivity index (χ2v) is 13.2. The van der Waals surface area contributed by atoms with Gasteiger partial charge in [-0.25, -0.2) is 0 Å². The van der Waals surface area contributed by atoms with Crippen molar-refractivity contribution in [1.29, 1.82) is 0 Å². The summed E-state index contributed by atoms with van der Waals surface area (Å²) in [6.45, 7) is 6.30. The highest BCUT2D eigenvalue weighted by Crippen LogP contribution is 2.67. The Morgan fingerprint density at radius 3 is 2.31 bits per heavy atom. The monoisotopic (exact) mass is 489 g/mol. The number of carboxylic acid groups (broad SMARTS) is 1. The van der Waals surface area contributed by atoms with Crippen molar-refractivity contribution in [2.75, 3.05) is 7.11 Å². The highest BCUT2D eigenvalue weighted by molar-refractivity contribution is 5.71. The third-order valence-electron chi connectivity index (χ3n) is 11.6. The van der Waals surface area contributed by atoms with Crippen molar-refractivity contribution in [1.82, 2.24) is 5.32 Å². The van der Waals surface area contributed by atoms with Gasteiger partial charge in [-0.05, 0) is 92.3 Å². The minimum atomic E-state index is -0.592. The Morgan fingerprint density at radius 1 is 0.914 bits per heavy atom. The third kappa shape index (κ3) is 4.35. The van der Waals surface area contributed by atoms with Crippen molar-refractivity contribution in [3.63, 3.8) is 0 Å². The number of hydrogen-bond acceptors (Lipinski definition) is 5. The average molecular weight is 490 g/mol. The lowest BCUT2D eigenvalue weighted by atomic mass is 9.43. The molecular formula is C29H47NO5. The van der Waals surface area contributed by atoms with Gasteiger partial charge in [0.25, 0.3) is 0 Å². The van der Waals surface area contributed by atoms with E-state index < -0.39 is 5.97 Å². The van der Waals surface area contributed by atoms with Crippen molar-refractivity contribution in [2.45, 2.75) is 122 Å². The van der Waals surface area contributed by atoms with Crippen LogP contribution in [0.15, 0.2) is 0 Å². The van der Waals surface area contributed by atoms with Crippen LogP contribution in [0.2, 0.25) is 0 Å². The van der Waals surface area contributed by atoms with Crippen LogP contribution in [0.4, 0.5) is 0 Å². The summed E-state index contributed by atoms with van der Waals surface area (Å²) in [4.78, 5) is 24.2. The molecule has 0 bridgehead atoms. The zero-order valence-electron chi connectivity index (χ0n) is 22.3. The molecule has 0 aromatic carbocycles. The first-order valence-corrected chi connectivity index (χ1v) is 14.4. The van der Waals surface area contributed by atoms with Gasteiger partial charge in [0.15, 0.2) is 0 Å². The second-order valence-electron chi connectivity index (χ2n) is 13.2. The van der Waals surface area contributed by atoms with Gasteiger partial charge in [-0.15, -0.1) is 0 Å². The van der Waals surface area contributed by atoms with E-state index in [1.165, 1.54) is 45.4 Å². The molecule has 6 heteroatoms. The molecule has 0 radical (unpaired) electrons. The van der Waals surface area contributed by atoms with Crippen LogP contribution in [0.1, 0.15) is 97.8 Å². The number of methoxy groups -OCH3 is 1. The van der Waals surface area contributed by atoms with E-state index in [2.05, 4.69) is 19.2 Å². The molecule has 198 valence electrons. The molecule has 5 aliphatic carbocycles. The molecule has 5 saturated carbocycles. The zero-order valence-corrected chi connectivity index (χ0v) is 22.3. The normalized spacial score (nSPS) is 47.9. The lowest BCUT2D eigenvalue weighted by molar-refractivity contribution is -0.192. The average Bonchev–Trinajstić information content (AvgIpc) is 3.16. The summed E-state index contributed by atoms with van der Waals surface area (Å²) < 4.78 is 11.7. The van der Waals surface area contributed by atoms with Crippen LogP contribution in [0.5, 0.6) is 0 Å². The summed E-state index contributed by atoms with van der Waals surface area (Å²) in [5.41, 5.74) is -0.0205. The molecule has 0 aromatic heterocycles. The molecule has 5 aliphatic rings. The van der Waals surface area contributed by atoms with Crippen LogP contribution >= 0.6 is 0 Å². The number of nitrogens with one attached hydrogen (secondary N) is 1. The number of aliphatic carboxylic acids is 1. The Bertz CT molecular complexity index is 811. The maximum Gasteiger partial charge on any atom is 0.307 e. The Balaban J connectivity index is 1.48. The first kappa shape index (κ1) is 25.5. The van der Waals surface area contributed by atoms with Crippen molar-refractivity contribution in [2.24, 2.45) is 40.4 Å². The second kappa shape index (κ2) is 9.63. The van der Waals surface area contributed by atoms with Crippen molar-refractivity contribution >= 4 is 11.9 Å². The van der Waals surface area contributed by atoms with Crippen LogP contribution in [0.25, 0.3) is 0 Å². The van der Waals surface area contributed by atoms with Crippen LogP contribution in [-0.4, -0.2) is 48.4 Å². The molecule has 0 amide bonds. The van der Waals surface area contributed by atoms with Gasteiger partial charge in [0.05, 0.1) is 12.0 Å². The van der Waals surface area contributed by atoms with E-state index in [9.17, 15) is 14.7 Å². The topological polar surface area (TPSA) is 84.9 Å². The summed E-state index contributed by atoms with van der Waals surface area (Å²) in [7, 11) is 1.76. The Labute approximate surface area is 211 Å². The number of carbonyl (C=O) groups excluding carboxylic acids is 1. The smallest absolute Gasteiger partial charge is 0.307 e. The van der Waals surface area contributed by atoms with Crippen molar-refractivity contribution in [3.8, 4) is 0 Å². The van der Waals surface area contributed by atoms with Gasteiger partial charge in [-0.3, -0.25) is 9.59 Å². The van der Waals surface area contributed by atoms with E-state index in [1.807, 2.05) is 0 Å². The van der Waals surface area contributed by atoms with Gasteiger partial charge in [0, 0.05) is 26.1 Å². The molecule has 0 heterocycles. The fraction of sp³-hybridized carbons (Fsp3) is 0.931. The standard InChI is InChI=1S/C29H47NO5/c1-17(31)35-24-14-18-10-11-20-21-12-13-22(27(32)33)29(21,3)15-23(30-19-8-6-5-7-9-19)26(20)28(18,2)16-25(24)34-4/h18-26,30H,5-16H2,1-4H3,(H,32,33)/t18?,20-,21-,22?,23?,24?,25?,26-,28-,29-/m0/s1. The molecule has 0 spiro atoms. The molecule has 2 N–H and O–H groups in total. The Hall–Kier alpha value is -1.14. The molecule has 35 heavy (non-hydrogen) atoms. The van der Waals surface area contributed by atoms with E-state index in [1.54, 1.807) is 7.11 Å². The van der Waals surface area contributed by atoms with Gasteiger partial charge in [-0.2, -0.15) is 0 Å². The number of carboxylic acids is 1. The fourth-order valence-corrected chi connectivity index (χ4v) is 10.1. The van der Waals surface area contributed by atoms with Crippen molar-refractivity contribution in [3.05, 3.63) is 0 Å². The quantitative estimate of drug-likeness (QED) is 0.517. The largest absolute Gasteiger partial charge is 0.481 e. The third-order valence-corrected chi connectivity index (χ3v) is 11.6. The molecule has 5 rings (SSSR count). The number of esters is 1. The minimum Gasteiger partial charge on any atom is -0.481 e. The van der Waals surface area contributed by atoms with Gasteiger partial charge >= 0.3 is 11.9 Å². The molecule has 0 aliphatic heterocycles. The van der Waals surface area contributed by atoms with E-state index >= 15 is 0 Å². The summed E-state index contributed by atoms with van der Waals surface area (Å²) in [6, 6.07) is 0.902. The highest BCUT2D eigenvalue weighted by atomic mass is 16.6. The van der Waals surface area contributed by atoms with E-state index in [0.717, 1.165) is 38.5 Å². The summed E-state index contributed by atoms with van der Waals surface area (Å²) >= 11 is 0. The van der Waals surface area contributed by atoms with Crippen LogP contribution in [0, 0.1) is 40.4 Å². The van der Waals surface area contributed by atoms with Crippen LogP contribution in [0.3, 0.4) is 0 Å². The number of fused-ring (bicyclic) bond motifs is 5. The van der Waals surface area contributed by atoms with Gasteiger partial charge in [-0.1, -0.05) is 33.1 Å². The maximum absolute atomic E-state index is 12.3. The first-order valence-electron chi connectivity index (χ1n) is 14.4. The lowest BCUT2D eigenvalue weighted by Crippen LogP contribution is -2.65. The number of rotatable bonds is 5. The molecule has 0 aromatic rings. The lowest BCUT2D eigenvalue weighted by Gasteiger charge is -2.64. The maximum atomic E-state index is 12.3. The summed E-state index contributed by atoms with van der Waals surface area (Å²) in [5.74, 6) is 1.05. The van der Waals surface area contributed by atoms with Gasteiger partial charge < -0.3 is 19.9 Å². The number of carbonyl (C=O) groups is 2. The number of ether oxygens (including phenoxy) is 2. The summed E-state index contributed by atoms with van der Waals surface area (Å²) in [5, 5.41) is 14.3. The molecule has 0 saturated heterocycles. The first-order chi connectivity index (χ1) is 16.7. The highest BCUT2D eigenvalue weighted by Gasteiger charge is 2.65. The molecule has 6 nitrogen and oxygen atoms in total. The predicted octanol–water partition coefficient (Wildman–Crippen LogP) is 5.19. The molecule has 5 unspecified atom stereocenters. The van der Waals surface area contributed by atoms with E-state index in [-0.39, 0.29) is 34.9 Å². The Morgan fingerprint density at radius 2 is 1.66 bits per heavy atom. The van der Waals surface area contributed by atoms with E-state index in [4.69, 9.17) is 9.47 Å². The zero-order chi connectivity index (χ0) is 25.0. The molecule has 10 atom stereocenters. The Kier molecular flexibility index (Phi) is 7.02. The fourth-order valence-electron chi connectivity index (χ4n) is 10.1. The van der Waals surface area contributed by atoms with Crippen LogP contribution < -0.4 is 5.32 Å². The number of hydrogen-bond donors (Lipinski definition) is 2. The molecular weight excluding hydrogens is 442 g/mol. The predicted molar refractivity (Wildman–Crippen MR) is 134 cm³/mol. The minimum absolute atomic E-state index is 0.0714. The SMILES string of the molecule is COC1C[C@@]2(C)C(CC[C@@H]3[C@H]2C(NC2CCCCC2)C[C@]2(C)C(C(=O)O)CC[C@@H]32)CC1OC(C)=O. The van der Waals surface area contributed by atoms with E-state index in [0.29, 0.717) is 35.8 Å².